The van der Waals surface area contributed by atoms with Gasteiger partial charge in [0.2, 0.25) is 11.8 Å². The van der Waals surface area contributed by atoms with Crippen LogP contribution in [0, 0.1) is 29.1 Å². The molecule has 0 aromatic carbocycles. The molecule has 2 bridgehead atoms. The molecule has 2 saturated carbocycles. The lowest BCUT2D eigenvalue weighted by Crippen LogP contribution is -2.42. The second kappa shape index (κ2) is 7.20. The summed E-state index contributed by atoms with van der Waals surface area (Å²) in [5.41, 5.74) is 0.598. The number of anilines is 1. The average Bonchev–Trinajstić information content (AvgIpc) is 3.35. The van der Waals surface area contributed by atoms with Crippen molar-refractivity contribution in [3.8, 4) is 0 Å². The molecule has 1 heterocycles. The molecule has 2 N–H and O–H groups in total. The second-order valence-corrected chi connectivity index (χ2v) is 8.08. The standard InChI is InChI=1S/C20H22ClN3O4/c1-28-15(25)6-9-22-18(26)16-12-3-4-13(20(12)7-8-20)17(16)19(27)24-11-2-5-14(21)23-10-11/h2-5,10,12-13,16-17H,6-9H2,1H3,(H,22,26)(H,24,27)/t12-,13+,16-,17-/m1/s1. The molecule has 0 radical (unpaired) electrons. The van der Waals surface area contributed by atoms with Crippen molar-refractivity contribution in [1.29, 1.82) is 0 Å². The van der Waals surface area contributed by atoms with E-state index in [0.717, 1.165) is 12.8 Å². The maximum absolute atomic E-state index is 13.1. The number of amides is 2. The zero-order chi connectivity index (χ0) is 19.9. The molecule has 1 aromatic heterocycles. The van der Waals surface area contributed by atoms with E-state index in [2.05, 4.69) is 32.5 Å². The van der Waals surface area contributed by atoms with E-state index in [0.29, 0.717) is 10.8 Å². The van der Waals surface area contributed by atoms with Gasteiger partial charge in [0, 0.05) is 6.54 Å². The average molecular weight is 404 g/mol. The maximum Gasteiger partial charge on any atom is 0.307 e. The molecule has 0 unspecified atom stereocenters. The summed E-state index contributed by atoms with van der Waals surface area (Å²) in [6.45, 7) is 0.200. The molecule has 3 aliphatic rings. The number of pyridine rings is 1. The smallest absolute Gasteiger partial charge is 0.307 e. The summed E-state index contributed by atoms with van der Waals surface area (Å²) < 4.78 is 4.60. The van der Waals surface area contributed by atoms with E-state index < -0.39 is 11.8 Å². The third kappa shape index (κ3) is 3.17. The van der Waals surface area contributed by atoms with Crippen molar-refractivity contribution in [3.63, 3.8) is 0 Å². The fourth-order valence-electron chi connectivity index (χ4n) is 4.89. The van der Waals surface area contributed by atoms with Gasteiger partial charge in [-0.05, 0) is 42.2 Å². The van der Waals surface area contributed by atoms with Gasteiger partial charge in [-0.15, -0.1) is 0 Å². The van der Waals surface area contributed by atoms with Crippen LogP contribution in [0.3, 0.4) is 0 Å². The van der Waals surface area contributed by atoms with E-state index in [9.17, 15) is 14.4 Å². The molecule has 0 saturated heterocycles. The highest BCUT2D eigenvalue weighted by molar-refractivity contribution is 6.29. The quantitative estimate of drug-likeness (QED) is 0.431. The number of hydrogen-bond donors (Lipinski definition) is 2. The van der Waals surface area contributed by atoms with Crippen LogP contribution in [0.5, 0.6) is 0 Å². The van der Waals surface area contributed by atoms with Crippen LogP contribution >= 0.6 is 11.6 Å². The number of rotatable bonds is 6. The first-order chi connectivity index (χ1) is 13.5. The normalized spacial score (nSPS) is 28.2. The molecule has 28 heavy (non-hydrogen) atoms. The van der Waals surface area contributed by atoms with Crippen molar-refractivity contribution in [2.75, 3.05) is 19.0 Å². The van der Waals surface area contributed by atoms with Crippen molar-refractivity contribution >= 4 is 35.1 Å². The molecule has 2 fully saturated rings. The van der Waals surface area contributed by atoms with Crippen LogP contribution in [0.15, 0.2) is 30.5 Å². The Hall–Kier alpha value is -2.41. The minimum absolute atomic E-state index is 0.0462. The summed E-state index contributed by atoms with van der Waals surface area (Å²) in [6.07, 6.45) is 7.87. The summed E-state index contributed by atoms with van der Waals surface area (Å²) in [6, 6.07) is 3.30. The number of nitrogens with one attached hydrogen (secondary N) is 2. The highest BCUT2D eigenvalue weighted by atomic mass is 35.5. The van der Waals surface area contributed by atoms with Crippen molar-refractivity contribution < 1.29 is 19.1 Å². The zero-order valence-corrected chi connectivity index (χ0v) is 16.2. The summed E-state index contributed by atoms with van der Waals surface area (Å²) in [5.74, 6) is -1.48. The topological polar surface area (TPSA) is 97.4 Å². The Morgan fingerprint density at radius 1 is 1.18 bits per heavy atom. The van der Waals surface area contributed by atoms with Gasteiger partial charge in [-0.2, -0.15) is 0 Å². The van der Waals surface area contributed by atoms with Crippen molar-refractivity contribution in [2.45, 2.75) is 19.3 Å². The van der Waals surface area contributed by atoms with Crippen LogP contribution in [-0.2, 0) is 19.1 Å². The highest BCUT2D eigenvalue weighted by Crippen LogP contribution is 2.72. The van der Waals surface area contributed by atoms with Gasteiger partial charge in [0.05, 0.1) is 37.3 Å². The summed E-state index contributed by atoms with van der Waals surface area (Å²) in [7, 11) is 1.31. The summed E-state index contributed by atoms with van der Waals surface area (Å²) in [5, 5.41) is 6.04. The van der Waals surface area contributed by atoms with E-state index in [4.69, 9.17) is 11.6 Å². The van der Waals surface area contributed by atoms with Crippen LogP contribution in [0.1, 0.15) is 19.3 Å². The third-order valence-electron chi connectivity index (χ3n) is 6.30. The zero-order valence-electron chi connectivity index (χ0n) is 15.5. The summed E-state index contributed by atoms with van der Waals surface area (Å²) in [4.78, 5) is 41.3. The van der Waals surface area contributed by atoms with Crippen LogP contribution in [-0.4, -0.2) is 36.4 Å². The van der Waals surface area contributed by atoms with Gasteiger partial charge in [0.1, 0.15) is 5.15 Å². The maximum atomic E-state index is 13.1. The second-order valence-electron chi connectivity index (χ2n) is 7.70. The highest BCUT2D eigenvalue weighted by Gasteiger charge is 2.69. The number of carbonyl (C=O) groups is 3. The molecule has 3 aliphatic carbocycles. The van der Waals surface area contributed by atoms with E-state index in [1.54, 1.807) is 12.1 Å². The lowest BCUT2D eigenvalue weighted by atomic mass is 9.81. The fraction of sp³-hybridized carbons (Fsp3) is 0.500. The Morgan fingerprint density at radius 2 is 1.86 bits per heavy atom. The number of methoxy groups -OCH3 is 1. The number of carbonyl (C=O) groups excluding carboxylic acids is 3. The van der Waals surface area contributed by atoms with Gasteiger partial charge in [-0.1, -0.05) is 23.8 Å². The number of halogens is 1. The number of aromatic nitrogens is 1. The molecule has 4 atom stereocenters. The Labute approximate surface area is 167 Å². The van der Waals surface area contributed by atoms with Crippen molar-refractivity contribution in [1.82, 2.24) is 10.3 Å². The first-order valence-corrected chi connectivity index (χ1v) is 9.79. The van der Waals surface area contributed by atoms with Crippen LogP contribution in [0.25, 0.3) is 0 Å². The van der Waals surface area contributed by atoms with Crippen molar-refractivity contribution in [2.24, 2.45) is 29.1 Å². The van der Waals surface area contributed by atoms with E-state index in [-0.39, 0.29) is 48.0 Å². The van der Waals surface area contributed by atoms with E-state index in [1.807, 2.05) is 0 Å². The Balaban J connectivity index is 1.49. The summed E-state index contributed by atoms with van der Waals surface area (Å²) >= 11 is 5.80. The largest absolute Gasteiger partial charge is 0.469 e. The number of allylic oxidation sites excluding steroid dienone is 2. The first-order valence-electron chi connectivity index (χ1n) is 9.41. The lowest BCUT2D eigenvalue weighted by Gasteiger charge is -2.26. The van der Waals surface area contributed by atoms with E-state index >= 15 is 0 Å². The monoisotopic (exact) mass is 403 g/mol. The molecule has 0 aliphatic heterocycles. The molecule has 7 nitrogen and oxygen atoms in total. The van der Waals surface area contributed by atoms with Gasteiger partial charge in [0.15, 0.2) is 0 Å². The molecule has 1 aromatic rings. The molecule has 1 spiro atoms. The molecule has 8 heteroatoms. The molecular weight excluding hydrogens is 382 g/mol. The molecule has 148 valence electrons. The van der Waals surface area contributed by atoms with Crippen LogP contribution < -0.4 is 10.6 Å². The number of hydrogen-bond acceptors (Lipinski definition) is 5. The first kappa shape index (κ1) is 18.9. The number of nitrogens with zero attached hydrogens (tertiary/aromatic N) is 1. The minimum atomic E-state index is -0.439. The van der Waals surface area contributed by atoms with Gasteiger partial charge in [-0.25, -0.2) is 4.98 Å². The predicted octanol–water partition coefficient (Wildman–Crippen LogP) is 2.18. The molecule has 2 amide bonds. The molecule has 4 rings (SSSR count). The van der Waals surface area contributed by atoms with Crippen LogP contribution in [0.4, 0.5) is 5.69 Å². The Morgan fingerprint density at radius 3 is 2.43 bits per heavy atom. The lowest BCUT2D eigenvalue weighted by molar-refractivity contribution is -0.140. The van der Waals surface area contributed by atoms with Crippen molar-refractivity contribution in [3.05, 3.63) is 35.6 Å². The van der Waals surface area contributed by atoms with E-state index in [1.165, 1.54) is 13.3 Å². The Kier molecular flexibility index (Phi) is 4.87. The van der Waals surface area contributed by atoms with Gasteiger partial charge in [-0.3, -0.25) is 14.4 Å². The van der Waals surface area contributed by atoms with Gasteiger partial charge < -0.3 is 15.4 Å². The van der Waals surface area contributed by atoms with Gasteiger partial charge >= 0.3 is 5.97 Å². The SMILES string of the molecule is COC(=O)CCNC(=O)[C@H]1[C@H](C(=O)Nc2ccc(Cl)nc2)[C@@H]2C=C[C@H]1C21CC1. The number of esters is 1. The predicted molar refractivity (Wildman–Crippen MR) is 102 cm³/mol. The van der Waals surface area contributed by atoms with Gasteiger partial charge in [0.25, 0.3) is 0 Å². The van der Waals surface area contributed by atoms with Crippen LogP contribution in [0.2, 0.25) is 5.15 Å². The molecular formula is C20H22ClN3O4. The third-order valence-corrected chi connectivity index (χ3v) is 6.52. The minimum Gasteiger partial charge on any atom is -0.469 e. The fourth-order valence-corrected chi connectivity index (χ4v) is 5.00. The Bertz CT molecular complexity index is 834. The number of ether oxygens (including phenoxy) is 1.